The lowest BCUT2D eigenvalue weighted by atomic mass is 10.0. The molecule has 1 saturated heterocycles. The summed E-state index contributed by atoms with van der Waals surface area (Å²) in [4.78, 5) is 14.0. The Kier molecular flexibility index (Phi) is 4.83. The molecule has 19 heavy (non-hydrogen) atoms. The van der Waals surface area contributed by atoms with Crippen LogP contribution in [0.2, 0.25) is 0 Å². The third-order valence-corrected chi connectivity index (χ3v) is 3.92. The summed E-state index contributed by atoms with van der Waals surface area (Å²) in [5, 5.41) is 0. The van der Waals surface area contributed by atoms with Gasteiger partial charge in [0, 0.05) is 18.8 Å². The summed E-state index contributed by atoms with van der Waals surface area (Å²) in [5.74, 6) is -0.370. The molecule has 0 radical (unpaired) electrons. The molecule has 0 spiro atoms. The summed E-state index contributed by atoms with van der Waals surface area (Å²) in [6.07, 6.45) is 5.24. The van der Waals surface area contributed by atoms with E-state index >= 15 is 0 Å². The highest BCUT2D eigenvalue weighted by molar-refractivity contribution is 5.77. The maximum Gasteiger partial charge on any atom is 0.312 e. The van der Waals surface area contributed by atoms with E-state index < -0.39 is 0 Å². The molecular formula is C16H23NO2. The number of carbonyl (C=O) groups excluding carboxylic acids is 1. The lowest BCUT2D eigenvalue weighted by Gasteiger charge is -2.23. The van der Waals surface area contributed by atoms with Crippen LogP contribution in [0.4, 0.5) is 5.69 Å². The van der Waals surface area contributed by atoms with Crippen molar-refractivity contribution in [2.75, 3.05) is 25.1 Å². The first-order chi connectivity index (χ1) is 9.22. The Bertz CT molecular complexity index is 405. The van der Waals surface area contributed by atoms with E-state index in [4.69, 9.17) is 4.74 Å². The molecule has 1 atom stereocenters. The molecule has 1 aromatic rings. The topological polar surface area (TPSA) is 29.5 Å². The number of hydrogen-bond donors (Lipinski definition) is 0. The number of esters is 1. The molecule has 2 rings (SSSR count). The van der Waals surface area contributed by atoms with Gasteiger partial charge < -0.3 is 9.64 Å². The van der Waals surface area contributed by atoms with Crippen LogP contribution in [0.25, 0.3) is 0 Å². The van der Waals surface area contributed by atoms with E-state index in [1.807, 2.05) is 19.1 Å². The second kappa shape index (κ2) is 6.60. The molecule has 1 aliphatic rings. The summed E-state index contributed by atoms with van der Waals surface area (Å²) in [5.41, 5.74) is 2.29. The van der Waals surface area contributed by atoms with Gasteiger partial charge in [-0.2, -0.15) is 0 Å². The van der Waals surface area contributed by atoms with Gasteiger partial charge in [-0.25, -0.2) is 0 Å². The van der Waals surface area contributed by atoms with Crippen molar-refractivity contribution in [3.63, 3.8) is 0 Å². The summed E-state index contributed by atoms with van der Waals surface area (Å²) in [7, 11) is 1.43. The maximum absolute atomic E-state index is 11.5. The van der Waals surface area contributed by atoms with Crippen molar-refractivity contribution in [2.24, 2.45) is 0 Å². The normalized spacial score (nSPS) is 17.7. The maximum atomic E-state index is 11.5. The number of benzene rings is 1. The van der Waals surface area contributed by atoms with Crippen LogP contribution in [0, 0.1) is 0 Å². The van der Waals surface area contributed by atoms with Crippen molar-refractivity contribution in [3.05, 3.63) is 29.8 Å². The number of hydrogen-bond acceptors (Lipinski definition) is 3. The van der Waals surface area contributed by atoms with E-state index in [2.05, 4.69) is 17.0 Å². The molecule has 104 valence electrons. The van der Waals surface area contributed by atoms with E-state index in [0.717, 1.165) is 18.7 Å². The minimum Gasteiger partial charge on any atom is -0.469 e. The zero-order valence-corrected chi connectivity index (χ0v) is 11.9. The highest BCUT2D eigenvalue weighted by Crippen LogP contribution is 2.23. The first kappa shape index (κ1) is 13.9. The molecule has 0 amide bonds. The number of ether oxygens (including phenoxy) is 1. The zero-order valence-electron chi connectivity index (χ0n) is 11.9. The van der Waals surface area contributed by atoms with Gasteiger partial charge in [0.25, 0.3) is 0 Å². The first-order valence-electron chi connectivity index (χ1n) is 7.15. The van der Waals surface area contributed by atoms with Crippen molar-refractivity contribution >= 4 is 11.7 Å². The Balaban J connectivity index is 2.07. The fraction of sp³-hybridized carbons (Fsp3) is 0.562. The van der Waals surface area contributed by atoms with E-state index in [9.17, 15) is 4.79 Å². The van der Waals surface area contributed by atoms with Crippen molar-refractivity contribution < 1.29 is 9.53 Å². The van der Waals surface area contributed by atoms with Crippen LogP contribution in [0.5, 0.6) is 0 Å². The molecule has 0 aliphatic carbocycles. The lowest BCUT2D eigenvalue weighted by molar-refractivity contribution is -0.141. The largest absolute Gasteiger partial charge is 0.469 e. The lowest BCUT2D eigenvalue weighted by Crippen LogP contribution is -2.23. The predicted molar refractivity (Wildman–Crippen MR) is 77.6 cm³/mol. The van der Waals surface area contributed by atoms with Gasteiger partial charge in [0.2, 0.25) is 0 Å². The summed E-state index contributed by atoms with van der Waals surface area (Å²) in [6.45, 7) is 4.17. The first-order valence-corrected chi connectivity index (χ1v) is 7.15. The van der Waals surface area contributed by atoms with Crippen LogP contribution in [0.3, 0.4) is 0 Å². The molecule has 1 heterocycles. The van der Waals surface area contributed by atoms with Crippen LogP contribution in [0.15, 0.2) is 24.3 Å². The van der Waals surface area contributed by atoms with Crippen molar-refractivity contribution in [2.45, 2.75) is 38.5 Å². The molecule has 0 bridgehead atoms. The van der Waals surface area contributed by atoms with Gasteiger partial charge in [0.1, 0.15) is 0 Å². The van der Waals surface area contributed by atoms with Gasteiger partial charge in [-0.1, -0.05) is 25.0 Å². The van der Waals surface area contributed by atoms with E-state index in [1.165, 1.54) is 38.5 Å². The predicted octanol–water partition coefficient (Wildman–Crippen LogP) is 3.34. The number of anilines is 1. The Labute approximate surface area is 115 Å². The smallest absolute Gasteiger partial charge is 0.312 e. The van der Waals surface area contributed by atoms with Crippen LogP contribution >= 0.6 is 0 Å². The van der Waals surface area contributed by atoms with Crippen molar-refractivity contribution in [1.29, 1.82) is 0 Å². The fourth-order valence-electron chi connectivity index (χ4n) is 2.62. The van der Waals surface area contributed by atoms with E-state index in [1.54, 1.807) is 0 Å². The van der Waals surface area contributed by atoms with Gasteiger partial charge in [-0.15, -0.1) is 0 Å². The van der Waals surface area contributed by atoms with E-state index in [-0.39, 0.29) is 11.9 Å². The molecular weight excluding hydrogens is 238 g/mol. The summed E-state index contributed by atoms with van der Waals surface area (Å²) in [6, 6.07) is 8.34. The molecule has 0 N–H and O–H groups in total. The summed E-state index contributed by atoms with van der Waals surface area (Å²) < 4.78 is 4.78. The molecule has 1 aliphatic heterocycles. The van der Waals surface area contributed by atoms with Crippen molar-refractivity contribution in [1.82, 2.24) is 0 Å². The Hall–Kier alpha value is -1.51. The molecule has 1 fully saturated rings. The molecule has 3 nitrogen and oxygen atoms in total. The van der Waals surface area contributed by atoms with E-state index in [0.29, 0.717) is 0 Å². The monoisotopic (exact) mass is 261 g/mol. The van der Waals surface area contributed by atoms with Gasteiger partial charge >= 0.3 is 5.97 Å². The summed E-state index contributed by atoms with van der Waals surface area (Å²) >= 11 is 0. The number of rotatable bonds is 3. The molecule has 3 heteroatoms. The molecule has 1 aromatic carbocycles. The second-order valence-electron chi connectivity index (χ2n) is 5.24. The second-order valence-corrected chi connectivity index (χ2v) is 5.24. The Morgan fingerprint density at radius 1 is 1.11 bits per heavy atom. The van der Waals surface area contributed by atoms with Gasteiger partial charge in [0.05, 0.1) is 13.0 Å². The van der Waals surface area contributed by atoms with Gasteiger partial charge in [-0.05, 0) is 37.5 Å². The Morgan fingerprint density at radius 2 is 1.68 bits per heavy atom. The molecule has 0 saturated carbocycles. The quantitative estimate of drug-likeness (QED) is 0.782. The zero-order chi connectivity index (χ0) is 13.7. The van der Waals surface area contributed by atoms with Crippen LogP contribution < -0.4 is 4.90 Å². The van der Waals surface area contributed by atoms with Gasteiger partial charge in [0.15, 0.2) is 0 Å². The van der Waals surface area contributed by atoms with Crippen LogP contribution in [-0.2, 0) is 9.53 Å². The highest BCUT2D eigenvalue weighted by atomic mass is 16.5. The molecule has 0 aromatic heterocycles. The number of carbonyl (C=O) groups is 1. The highest BCUT2D eigenvalue weighted by Gasteiger charge is 2.16. The minimum atomic E-state index is -0.191. The van der Waals surface area contributed by atoms with Crippen LogP contribution in [0.1, 0.15) is 44.1 Å². The molecule has 1 unspecified atom stereocenters. The van der Waals surface area contributed by atoms with Crippen LogP contribution in [-0.4, -0.2) is 26.2 Å². The third-order valence-electron chi connectivity index (χ3n) is 3.92. The van der Waals surface area contributed by atoms with Crippen molar-refractivity contribution in [3.8, 4) is 0 Å². The average Bonchev–Trinajstić information content (AvgIpc) is 2.75. The SMILES string of the molecule is COC(=O)C(C)c1ccc(N2CCCCCC2)cc1. The number of nitrogens with zero attached hydrogens (tertiary/aromatic N) is 1. The minimum absolute atomic E-state index is 0.178. The third kappa shape index (κ3) is 3.49. The fourth-order valence-corrected chi connectivity index (χ4v) is 2.62. The number of methoxy groups -OCH3 is 1. The average molecular weight is 261 g/mol. The standard InChI is InChI=1S/C16H23NO2/c1-13(16(18)19-2)14-7-9-15(10-8-14)17-11-5-3-4-6-12-17/h7-10,13H,3-6,11-12H2,1-2H3. The Morgan fingerprint density at radius 3 is 2.21 bits per heavy atom. The van der Waals surface area contributed by atoms with Gasteiger partial charge in [-0.3, -0.25) is 4.79 Å².